The number of rotatable bonds is 6. The van der Waals surface area contributed by atoms with Crippen molar-refractivity contribution < 1.29 is 4.79 Å². The van der Waals surface area contributed by atoms with Gasteiger partial charge in [-0.15, -0.1) is 10.2 Å². The first-order valence-corrected chi connectivity index (χ1v) is 8.38. The molecular weight excluding hydrogens is 324 g/mol. The number of aromatic nitrogens is 4. The standard InChI is InChI=1S/C16H18N6OS/c1-11(15(23)19-16-21-18-10-24-16)22(2)9-13-8-17-20-14(13)12-6-4-3-5-7-12/h3-8,10-11H,9H2,1-2H3,(H,17,20)(H,19,21,23). The monoisotopic (exact) mass is 342 g/mol. The van der Waals surface area contributed by atoms with E-state index >= 15 is 0 Å². The lowest BCUT2D eigenvalue weighted by Crippen LogP contribution is -2.39. The Morgan fingerprint density at radius 2 is 2.17 bits per heavy atom. The first-order valence-electron chi connectivity index (χ1n) is 7.50. The van der Waals surface area contributed by atoms with Crippen LogP contribution in [-0.2, 0) is 11.3 Å². The summed E-state index contributed by atoms with van der Waals surface area (Å²) in [6.45, 7) is 2.46. The lowest BCUT2D eigenvalue weighted by Gasteiger charge is -2.23. The Morgan fingerprint density at radius 1 is 1.38 bits per heavy atom. The van der Waals surface area contributed by atoms with Gasteiger partial charge in [-0.1, -0.05) is 41.7 Å². The fraction of sp³-hybridized carbons (Fsp3) is 0.250. The van der Waals surface area contributed by atoms with Crippen LogP contribution in [0.5, 0.6) is 0 Å². The third-order valence-electron chi connectivity index (χ3n) is 3.83. The molecule has 8 heteroatoms. The maximum atomic E-state index is 12.3. The molecule has 0 aliphatic rings. The van der Waals surface area contributed by atoms with Crippen molar-refractivity contribution in [2.75, 3.05) is 12.4 Å². The molecule has 0 spiro atoms. The summed E-state index contributed by atoms with van der Waals surface area (Å²) in [7, 11) is 1.91. The predicted molar refractivity (Wildman–Crippen MR) is 93.5 cm³/mol. The molecule has 7 nitrogen and oxygen atoms in total. The second-order valence-electron chi connectivity index (χ2n) is 5.46. The minimum absolute atomic E-state index is 0.112. The van der Waals surface area contributed by atoms with E-state index in [1.54, 1.807) is 11.7 Å². The van der Waals surface area contributed by atoms with Gasteiger partial charge < -0.3 is 0 Å². The molecule has 2 aromatic heterocycles. The molecule has 0 radical (unpaired) electrons. The van der Waals surface area contributed by atoms with E-state index in [1.807, 2.05) is 49.2 Å². The Kier molecular flexibility index (Phi) is 4.97. The van der Waals surface area contributed by atoms with Gasteiger partial charge in [0, 0.05) is 12.1 Å². The number of H-pyrrole nitrogens is 1. The van der Waals surface area contributed by atoms with E-state index in [0.29, 0.717) is 11.7 Å². The summed E-state index contributed by atoms with van der Waals surface area (Å²) >= 11 is 1.30. The molecule has 2 N–H and O–H groups in total. The van der Waals surface area contributed by atoms with Crippen LogP contribution in [0.1, 0.15) is 12.5 Å². The van der Waals surface area contributed by atoms with Crippen molar-refractivity contribution in [2.45, 2.75) is 19.5 Å². The normalized spacial score (nSPS) is 12.3. The summed E-state index contributed by atoms with van der Waals surface area (Å²) < 4.78 is 0. The minimum Gasteiger partial charge on any atom is -0.299 e. The van der Waals surface area contributed by atoms with E-state index in [2.05, 4.69) is 25.7 Å². The van der Waals surface area contributed by atoms with Crippen LogP contribution in [0, 0.1) is 0 Å². The number of likely N-dealkylation sites (N-methyl/N-ethyl adjacent to an activating group) is 1. The zero-order valence-corrected chi connectivity index (χ0v) is 14.2. The van der Waals surface area contributed by atoms with Crippen molar-refractivity contribution in [3.05, 3.63) is 47.6 Å². The highest BCUT2D eigenvalue weighted by atomic mass is 32.1. The number of hydrogen-bond acceptors (Lipinski definition) is 6. The molecule has 0 saturated heterocycles. The number of carbonyl (C=O) groups is 1. The highest BCUT2D eigenvalue weighted by Crippen LogP contribution is 2.22. The van der Waals surface area contributed by atoms with E-state index < -0.39 is 0 Å². The summed E-state index contributed by atoms with van der Waals surface area (Å²) in [4.78, 5) is 14.3. The van der Waals surface area contributed by atoms with Crippen molar-refractivity contribution >= 4 is 22.4 Å². The Bertz CT molecular complexity index is 786. The van der Waals surface area contributed by atoms with E-state index in [0.717, 1.165) is 16.8 Å². The van der Waals surface area contributed by atoms with Gasteiger partial charge >= 0.3 is 0 Å². The third kappa shape index (κ3) is 3.66. The molecule has 0 saturated carbocycles. The van der Waals surface area contributed by atoms with Crippen LogP contribution >= 0.6 is 11.3 Å². The fourth-order valence-electron chi connectivity index (χ4n) is 2.33. The van der Waals surface area contributed by atoms with Crippen LogP contribution in [0.4, 0.5) is 5.13 Å². The van der Waals surface area contributed by atoms with Crippen molar-refractivity contribution in [1.82, 2.24) is 25.3 Å². The van der Waals surface area contributed by atoms with Crippen molar-refractivity contribution in [2.24, 2.45) is 0 Å². The lowest BCUT2D eigenvalue weighted by molar-refractivity contribution is -0.120. The Balaban J connectivity index is 1.68. The average Bonchev–Trinajstić information content (AvgIpc) is 3.26. The van der Waals surface area contributed by atoms with Gasteiger partial charge in [0.1, 0.15) is 5.51 Å². The topological polar surface area (TPSA) is 86.8 Å². The second-order valence-corrected chi connectivity index (χ2v) is 6.29. The number of hydrogen-bond donors (Lipinski definition) is 2. The number of amides is 1. The van der Waals surface area contributed by atoms with Crippen molar-refractivity contribution in [3.63, 3.8) is 0 Å². The van der Waals surface area contributed by atoms with Gasteiger partial charge in [0.05, 0.1) is 17.9 Å². The summed E-state index contributed by atoms with van der Waals surface area (Å²) in [5, 5.41) is 18.0. The van der Waals surface area contributed by atoms with E-state index in [4.69, 9.17) is 0 Å². The van der Waals surface area contributed by atoms with Crippen LogP contribution < -0.4 is 5.32 Å². The highest BCUT2D eigenvalue weighted by molar-refractivity contribution is 7.13. The number of carbonyl (C=O) groups excluding carboxylic acids is 1. The minimum atomic E-state index is -0.313. The smallest absolute Gasteiger partial charge is 0.243 e. The Morgan fingerprint density at radius 3 is 2.88 bits per heavy atom. The maximum Gasteiger partial charge on any atom is 0.243 e. The molecule has 124 valence electrons. The van der Waals surface area contributed by atoms with Crippen LogP contribution in [-0.4, -0.2) is 44.3 Å². The van der Waals surface area contributed by atoms with E-state index in [1.165, 1.54) is 11.3 Å². The fourth-order valence-corrected chi connectivity index (χ4v) is 2.78. The van der Waals surface area contributed by atoms with Gasteiger partial charge in [-0.3, -0.25) is 20.1 Å². The summed E-state index contributed by atoms with van der Waals surface area (Å²) in [6.07, 6.45) is 1.80. The zero-order valence-electron chi connectivity index (χ0n) is 13.4. The molecule has 3 rings (SSSR count). The Hall–Kier alpha value is -2.58. The molecular formula is C16H18N6OS. The molecule has 0 aliphatic carbocycles. The van der Waals surface area contributed by atoms with Gasteiger partial charge in [0.25, 0.3) is 0 Å². The van der Waals surface area contributed by atoms with Crippen molar-refractivity contribution in [3.8, 4) is 11.3 Å². The lowest BCUT2D eigenvalue weighted by atomic mass is 10.1. The van der Waals surface area contributed by atoms with E-state index in [-0.39, 0.29) is 11.9 Å². The molecule has 0 bridgehead atoms. The number of benzene rings is 1. The van der Waals surface area contributed by atoms with Crippen molar-refractivity contribution in [1.29, 1.82) is 0 Å². The zero-order chi connectivity index (χ0) is 16.9. The second kappa shape index (κ2) is 7.33. The summed E-state index contributed by atoms with van der Waals surface area (Å²) in [6, 6.07) is 9.70. The van der Waals surface area contributed by atoms with Gasteiger partial charge in [-0.25, -0.2) is 0 Å². The summed E-state index contributed by atoms with van der Waals surface area (Å²) in [5.74, 6) is -0.112. The first-order chi connectivity index (χ1) is 11.6. The predicted octanol–water partition coefficient (Wildman–Crippen LogP) is 2.39. The SMILES string of the molecule is CC(C(=O)Nc1nncs1)N(C)Cc1cn[nH]c1-c1ccccc1. The molecule has 1 atom stereocenters. The van der Waals surface area contributed by atoms with Gasteiger partial charge in [0.2, 0.25) is 11.0 Å². The van der Waals surface area contributed by atoms with Crippen LogP contribution in [0.25, 0.3) is 11.3 Å². The molecule has 0 aliphatic heterocycles. The number of aromatic amines is 1. The Labute approximate surface area is 143 Å². The molecule has 1 amide bonds. The summed E-state index contributed by atoms with van der Waals surface area (Å²) in [5.41, 5.74) is 4.67. The number of nitrogens with zero attached hydrogens (tertiary/aromatic N) is 4. The first kappa shape index (κ1) is 16.3. The van der Waals surface area contributed by atoms with Gasteiger partial charge in [-0.05, 0) is 19.5 Å². The molecule has 1 aromatic carbocycles. The maximum absolute atomic E-state index is 12.3. The third-order valence-corrected chi connectivity index (χ3v) is 4.44. The largest absolute Gasteiger partial charge is 0.299 e. The van der Waals surface area contributed by atoms with Crippen LogP contribution in [0.2, 0.25) is 0 Å². The molecule has 24 heavy (non-hydrogen) atoms. The van der Waals surface area contributed by atoms with Gasteiger partial charge in [0.15, 0.2) is 0 Å². The molecule has 2 heterocycles. The van der Waals surface area contributed by atoms with Crippen LogP contribution in [0.3, 0.4) is 0 Å². The number of anilines is 1. The number of nitrogens with one attached hydrogen (secondary N) is 2. The highest BCUT2D eigenvalue weighted by Gasteiger charge is 2.20. The molecule has 3 aromatic rings. The van der Waals surface area contributed by atoms with Crippen LogP contribution in [0.15, 0.2) is 42.0 Å². The molecule has 1 unspecified atom stereocenters. The molecule has 0 fully saturated rings. The van der Waals surface area contributed by atoms with E-state index in [9.17, 15) is 4.79 Å². The van der Waals surface area contributed by atoms with Gasteiger partial charge in [-0.2, -0.15) is 5.10 Å². The average molecular weight is 342 g/mol. The quantitative estimate of drug-likeness (QED) is 0.718.